The lowest BCUT2D eigenvalue weighted by Gasteiger charge is -2.46. The Hall–Kier alpha value is -3.62. The third-order valence-corrected chi connectivity index (χ3v) is 7.98. The fraction of sp³-hybridized carbons (Fsp3) is 0.333. The number of piperidine rings is 1. The summed E-state index contributed by atoms with van der Waals surface area (Å²) in [6.45, 7) is -0.371. The Balaban J connectivity index is 1.43. The van der Waals surface area contributed by atoms with Gasteiger partial charge in [-0.1, -0.05) is 23.4 Å². The van der Waals surface area contributed by atoms with E-state index in [0.717, 1.165) is 6.07 Å². The van der Waals surface area contributed by atoms with Crippen molar-refractivity contribution in [1.29, 1.82) is 0 Å². The number of rotatable bonds is 7. The molecule has 0 radical (unpaired) electrons. The van der Waals surface area contributed by atoms with Gasteiger partial charge in [0.15, 0.2) is 5.82 Å². The summed E-state index contributed by atoms with van der Waals surface area (Å²) in [5.74, 6) is -1.01. The van der Waals surface area contributed by atoms with E-state index in [1.165, 1.54) is 59.0 Å². The molecule has 1 aromatic heterocycles. The standard InChI is InChI=1S/C24H23F3N4O6S/c1-35-20-10-16(14-3-2-4-15(9-14)24(26)27)17(25)11-19(20)31-18-5-7-30(12-21(18)36-13-23(31)32)38(33,34)29-22-6-8-37-28-22/h2-4,6,8-11,18,21,24H,5,7,12-13H2,1H3,(H,28,29)/t18-,21-/m0/s1. The Kier molecular flexibility index (Phi) is 7.03. The van der Waals surface area contributed by atoms with Gasteiger partial charge in [-0.2, -0.15) is 12.7 Å². The molecule has 2 saturated heterocycles. The molecule has 0 bridgehead atoms. The maximum Gasteiger partial charge on any atom is 0.302 e. The van der Waals surface area contributed by atoms with E-state index < -0.39 is 40.5 Å². The highest BCUT2D eigenvalue weighted by Gasteiger charge is 2.44. The predicted molar refractivity (Wildman–Crippen MR) is 130 cm³/mol. The van der Waals surface area contributed by atoms with Gasteiger partial charge < -0.3 is 18.9 Å². The number of carbonyl (C=O) groups is 1. The van der Waals surface area contributed by atoms with Gasteiger partial charge in [0.25, 0.3) is 12.3 Å². The molecule has 1 amide bonds. The number of nitrogens with zero attached hydrogens (tertiary/aromatic N) is 3. The van der Waals surface area contributed by atoms with Gasteiger partial charge in [-0.05, 0) is 24.1 Å². The van der Waals surface area contributed by atoms with Crippen LogP contribution in [-0.4, -0.2) is 62.7 Å². The number of ether oxygens (including phenoxy) is 2. The molecule has 0 unspecified atom stereocenters. The Morgan fingerprint density at radius 2 is 2.03 bits per heavy atom. The van der Waals surface area contributed by atoms with E-state index >= 15 is 4.39 Å². The summed E-state index contributed by atoms with van der Waals surface area (Å²) in [5, 5.41) is 3.55. The Bertz CT molecular complexity index is 1440. The van der Waals surface area contributed by atoms with Gasteiger partial charge in [0.05, 0.1) is 24.9 Å². The number of carbonyl (C=O) groups excluding carboxylic acids is 1. The molecule has 3 heterocycles. The van der Waals surface area contributed by atoms with Crippen LogP contribution in [0.25, 0.3) is 11.1 Å². The minimum atomic E-state index is -3.98. The maximum atomic E-state index is 15.4. The largest absolute Gasteiger partial charge is 0.495 e. The summed E-state index contributed by atoms with van der Waals surface area (Å²) in [5.41, 5.74) is 0.148. The van der Waals surface area contributed by atoms with Crippen molar-refractivity contribution in [2.45, 2.75) is 25.0 Å². The van der Waals surface area contributed by atoms with E-state index in [-0.39, 0.29) is 60.1 Å². The van der Waals surface area contributed by atoms with Gasteiger partial charge in [0.2, 0.25) is 0 Å². The van der Waals surface area contributed by atoms with E-state index in [1.807, 2.05) is 0 Å². The van der Waals surface area contributed by atoms with Gasteiger partial charge in [-0.25, -0.2) is 13.2 Å². The first-order chi connectivity index (χ1) is 18.2. The molecule has 1 N–H and O–H groups in total. The number of benzene rings is 2. The lowest BCUT2D eigenvalue weighted by atomic mass is 9.97. The van der Waals surface area contributed by atoms with Crippen molar-refractivity contribution in [1.82, 2.24) is 9.46 Å². The number of fused-ring (bicyclic) bond motifs is 1. The SMILES string of the molecule is COc1cc(-c2cccc(C(F)F)c2)c(F)cc1N1C(=O)CO[C@H]2CN(S(=O)(=O)Nc3ccon3)CC[C@@H]21. The van der Waals surface area contributed by atoms with Crippen molar-refractivity contribution in [2.75, 3.05) is 36.4 Å². The Morgan fingerprint density at radius 3 is 2.74 bits per heavy atom. The van der Waals surface area contributed by atoms with Crippen LogP contribution in [0.4, 0.5) is 24.7 Å². The molecule has 2 fully saturated rings. The van der Waals surface area contributed by atoms with Crippen molar-refractivity contribution >= 4 is 27.6 Å². The summed E-state index contributed by atoms with van der Waals surface area (Å²) in [6, 6.07) is 8.59. The summed E-state index contributed by atoms with van der Waals surface area (Å²) < 4.78 is 86.6. The number of aromatic nitrogens is 1. The van der Waals surface area contributed by atoms with Crippen molar-refractivity contribution in [3.8, 4) is 16.9 Å². The van der Waals surface area contributed by atoms with E-state index in [4.69, 9.17) is 9.47 Å². The molecule has 14 heteroatoms. The molecule has 0 saturated carbocycles. The molecule has 2 atom stereocenters. The minimum absolute atomic E-state index is 0.0212. The van der Waals surface area contributed by atoms with Crippen molar-refractivity contribution < 1.29 is 40.4 Å². The number of morpholine rings is 1. The van der Waals surface area contributed by atoms with Gasteiger partial charge in [-0.3, -0.25) is 9.52 Å². The zero-order valence-corrected chi connectivity index (χ0v) is 20.8. The van der Waals surface area contributed by atoms with Crippen LogP contribution >= 0.6 is 0 Å². The second kappa shape index (κ2) is 10.3. The quantitative estimate of drug-likeness (QED) is 0.477. The zero-order valence-electron chi connectivity index (χ0n) is 20.0. The van der Waals surface area contributed by atoms with Gasteiger partial charge in [0, 0.05) is 36.3 Å². The fourth-order valence-electron chi connectivity index (χ4n) is 4.72. The first-order valence-electron chi connectivity index (χ1n) is 11.6. The molecule has 5 rings (SSSR count). The zero-order chi connectivity index (χ0) is 27.0. The molecular weight excluding hydrogens is 529 g/mol. The minimum Gasteiger partial charge on any atom is -0.495 e. The molecule has 2 aliphatic heterocycles. The predicted octanol–water partition coefficient (Wildman–Crippen LogP) is 3.59. The number of amides is 1. The van der Waals surface area contributed by atoms with Gasteiger partial charge >= 0.3 is 10.2 Å². The number of nitrogens with one attached hydrogen (secondary N) is 1. The summed E-state index contributed by atoms with van der Waals surface area (Å²) in [6.07, 6.45) is -2.00. The molecule has 0 spiro atoms. The number of hydrogen-bond acceptors (Lipinski definition) is 7. The van der Waals surface area contributed by atoms with Crippen molar-refractivity contribution in [2.24, 2.45) is 0 Å². The molecule has 10 nitrogen and oxygen atoms in total. The molecule has 38 heavy (non-hydrogen) atoms. The highest BCUT2D eigenvalue weighted by atomic mass is 32.2. The first kappa shape index (κ1) is 26.0. The van der Waals surface area contributed by atoms with Crippen LogP contribution in [0.3, 0.4) is 0 Å². The highest BCUT2D eigenvalue weighted by Crippen LogP contribution is 2.40. The van der Waals surface area contributed by atoms with Crippen LogP contribution in [0.2, 0.25) is 0 Å². The third-order valence-electron chi connectivity index (χ3n) is 6.50. The number of anilines is 2. The Labute approximate surface area is 216 Å². The van der Waals surface area contributed by atoms with E-state index in [9.17, 15) is 22.0 Å². The number of methoxy groups -OCH3 is 1. The van der Waals surface area contributed by atoms with Crippen molar-refractivity contribution in [3.63, 3.8) is 0 Å². The number of alkyl halides is 2. The molecular formula is C24H23F3N4O6S. The number of hydrogen-bond donors (Lipinski definition) is 1. The summed E-state index contributed by atoms with van der Waals surface area (Å²) in [4.78, 5) is 14.3. The van der Waals surface area contributed by atoms with Gasteiger partial charge in [0.1, 0.15) is 24.4 Å². The average molecular weight is 553 g/mol. The van der Waals surface area contributed by atoms with Crippen LogP contribution in [0, 0.1) is 5.82 Å². The smallest absolute Gasteiger partial charge is 0.302 e. The average Bonchev–Trinajstić information content (AvgIpc) is 3.40. The molecule has 202 valence electrons. The summed E-state index contributed by atoms with van der Waals surface area (Å²) in [7, 11) is -2.63. The second-order valence-electron chi connectivity index (χ2n) is 8.75. The van der Waals surface area contributed by atoms with Crippen LogP contribution < -0.4 is 14.4 Å². The van der Waals surface area contributed by atoms with Crippen LogP contribution in [-0.2, 0) is 19.7 Å². The maximum absolute atomic E-state index is 15.4. The van der Waals surface area contributed by atoms with E-state index in [0.29, 0.717) is 0 Å². The second-order valence-corrected chi connectivity index (χ2v) is 10.4. The molecule has 0 aliphatic carbocycles. The van der Waals surface area contributed by atoms with Gasteiger partial charge in [-0.15, -0.1) is 0 Å². The normalized spacial score (nSPS) is 20.4. The molecule has 2 aromatic carbocycles. The van der Waals surface area contributed by atoms with Crippen molar-refractivity contribution in [3.05, 3.63) is 60.1 Å². The molecule has 3 aromatic rings. The number of halogens is 3. The lowest BCUT2D eigenvalue weighted by molar-refractivity contribution is -0.134. The first-order valence-corrected chi connectivity index (χ1v) is 13.0. The van der Waals surface area contributed by atoms with E-state index in [1.54, 1.807) is 0 Å². The van der Waals surface area contributed by atoms with Crippen LogP contribution in [0.5, 0.6) is 5.75 Å². The lowest BCUT2D eigenvalue weighted by Crippen LogP contribution is -2.62. The Morgan fingerprint density at radius 1 is 1.21 bits per heavy atom. The monoisotopic (exact) mass is 552 g/mol. The van der Waals surface area contributed by atoms with Crippen LogP contribution in [0.15, 0.2) is 53.3 Å². The summed E-state index contributed by atoms with van der Waals surface area (Å²) >= 11 is 0. The van der Waals surface area contributed by atoms with E-state index in [2.05, 4.69) is 14.4 Å². The third kappa shape index (κ3) is 4.93. The highest BCUT2D eigenvalue weighted by molar-refractivity contribution is 7.90. The molecule has 2 aliphatic rings. The fourth-order valence-corrected chi connectivity index (χ4v) is 5.91. The topological polar surface area (TPSA) is 114 Å². The van der Waals surface area contributed by atoms with Crippen LogP contribution in [0.1, 0.15) is 18.4 Å².